The Balaban J connectivity index is 1.23. The number of hydrogen-bond acceptors (Lipinski definition) is 7. The number of benzene rings is 3. The van der Waals surface area contributed by atoms with Gasteiger partial charge >= 0.3 is 5.97 Å². The Kier molecular flexibility index (Phi) is 8.06. The third-order valence-electron chi connectivity index (χ3n) is 6.24. The molecule has 10 heteroatoms. The van der Waals surface area contributed by atoms with Gasteiger partial charge in [-0.2, -0.15) is 4.31 Å². The molecule has 1 unspecified atom stereocenters. The lowest BCUT2D eigenvalue weighted by Gasteiger charge is -2.35. The maximum Gasteiger partial charge on any atom is 0.308 e. The number of carbonyl (C=O) groups is 2. The highest BCUT2D eigenvalue weighted by atomic mass is 32.2. The zero-order chi connectivity index (χ0) is 27.2. The quantitative estimate of drug-likeness (QED) is 0.274. The fraction of sp³-hybridized carbons (Fsp3) is 0.172. The molecule has 1 amide bonds. The van der Waals surface area contributed by atoms with E-state index in [1.807, 2.05) is 54.6 Å². The number of nitrogens with one attached hydrogen (secondary N) is 1. The summed E-state index contributed by atoms with van der Waals surface area (Å²) in [7, 11) is -3.80. The Labute approximate surface area is 230 Å². The monoisotopic (exact) mass is 562 g/mol. The molecule has 0 radical (unpaired) electrons. The van der Waals surface area contributed by atoms with E-state index in [2.05, 4.69) is 5.32 Å². The maximum absolute atomic E-state index is 13.4. The average molecular weight is 563 g/mol. The molecular formula is C29H26N2O6S2. The van der Waals surface area contributed by atoms with Crippen LogP contribution < -0.4 is 10.1 Å². The number of thiophene rings is 1. The zero-order valence-corrected chi connectivity index (χ0v) is 22.5. The SMILES string of the molecule is O=C(COC(=O)CC1c2ccccc2CCN1S(=O)(=O)c1cccs1)Nc1cccc(Oc2ccccc2)c1. The summed E-state index contributed by atoms with van der Waals surface area (Å²) >= 11 is 1.13. The molecule has 0 spiro atoms. The van der Waals surface area contributed by atoms with Gasteiger partial charge in [0.15, 0.2) is 6.61 Å². The van der Waals surface area contributed by atoms with E-state index in [9.17, 15) is 18.0 Å². The first-order valence-electron chi connectivity index (χ1n) is 12.3. The first-order chi connectivity index (χ1) is 18.9. The van der Waals surface area contributed by atoms with E-state index < -0.39 is 34.5 Å². The van der Waals surface area contributed by atoms with Crippen LogP contribution in [0.15, 0.2) is 101 Å². The highest BCUT2D eigenvalue weighted by Crippen LogP contribution is 2.37. The van der Waals surface area contributed by atoms with Crippen molar-refractivity contribution in [1.82, 2.24) is 4.31 Å². The summed E-state index contributed by atoms with van der Waals surface area (Å²) in [6.45, 7) is -0.258. The van der Waals surface area contributed by atoms with E-state index in [4.69, 9.17) is 9.47 Å². The fourth-order valence-electron chi connectivity index (χ4n) is 4.48. The molecule has 39 heavy (non-hydrogen) atoms. The molecule has 4 aromatic rings. The van der Waals surface area contributed by atoms with Gasteiger partial charge in [0, 0.05) is 18.3 Å². The highest BCUT2D eigenvalue weighted by molar-refractivity contribution is 7.91. The number of nitrogens with zero attached hydrogens (tertiary/aromatic N) is 1. The third-order valence-corrected chi connectivity index (χ3v) is 9.52. The molecule has 1 aliphatic heterocycles. The van der Waals surface area contributed by atoms with Gasteiger partial charge < -0.3 is 14.8 Å². The zero-order valence-electron chi connectivity index (χ0n) is 20.9. The maximum atomic E-state index is 13.4. The molecule has 5 rings (SSSR count). The summed E-state index contributed by atoms with van der Waals surface area (Å²) in [5.41, 5.74) is 2.24. The Hall–Kier alpha value is -3.99. The number of carbonyl (C=O) groups excluding carboxylic acids is 2. The highest BCUT2D eigenvalue weighted by Gasteiger charge is 2.38. The Morgan fingerprint density at radius 3 is 2.49 bits per heavy atom. The van der Waals surface area contributed by atoms with Crippen molar-refractivity contribution in [1.29, 1.82) is 0 Å². The van der Waals surface area contributed by atoms with Gasteiger partial charge in [0.2, 0.25) is 0 Å². The molecule has 1 atom stereocenters. The lowest BCUT2D eigenvalue weighted by atomic mass is 9.92. The summed E-state index contributed by atoms with van der Waals surface area (Å²) in [4.78, 5) is 25.4. The molecule has 8 nitrogen and oxygen atoms in total. The van der Waals surface area contributed by atoms with Crippen molar-refractivity contribution < 1.29 is 27.5 Å². The van der Waals surface area contributed by atoms with Gasteiger partial charge in [0.25, 0.3) is 15.9 Å². The molecule has 0 saturated heterocycles. The summed E-state index contributed by atoms with van der Waals surface area (Å²) < 4.78 is 39.4. The standard InChI is InChI=1S/C29H26N2O6S2/c32-27(30-22-9-6-12-24(18-22)37-23-10-2-1-3-11-23)20-36-28(33)19-26-25-13-5-4-8-21(25)15-16-31(26)39(34,35)29-14-7-17-38-29/h1-14,17-18,26H,15-16,19-20H2,(H,30,32). The van der Waals surface area contributed by atoms with E-state index >= 15 is 0 Å². The molecule has 3 aromatic carbocycles. The Morgan fingerprint density at radius 2 is 1.69 bits per heavy atom. The van der Waals surface area contributed by atoms with Crippen LogP contribution in [-0.2, 0) is 30.8 Å². The van der Waals surface area contributed by atoms with Gasteiger partial charge in [-0.15, -0.1) is 11.3 Å². The molecule has 0 fully saturated rings. The molecular weight excluding hydrogens is 536 g/mol. The van der Waals surface area contributed by atoms with Crippen LogP contribution in [0, 0.1) is 0 Å². The predicted molar refractivity (Wildman–Crippen MR) is 148 cm³/mol. The van der Waals surface area contributed by atoms with E-state index in [1.165, 1.54) is 4.31 Å². The molecule has 0 saturated carbocycles. The topological polar surface area (TPSA) is 102 Å². The summed E-state index contributed by atoms with van der Waals surface area (Å²) in [5, 5.41) is 4.40. The molecule has 2 heterocycles. The number of rotatable bonds is 9. The number of para-hydroxylation sites is 1. The number of fused-ring (bicyclic) bond motifs is 1. The van der Waals surface area contributed by atoms with Crippen LogP contribution >= 0.6 is 11.3 Å². The van der Waals surface area contributed by atoms with Crippen molar-refractivity contribution in [2.24, 2.45) is 0 Å². The molecule has 1 N–H and O–H groups in total. The normalized spacial score (nSPS) is 15.2. The van der Waals surface area contributed by atoms with Crippen LogP contribution in [0.5, 0.6) is 11.5 Å². The minimum absolute atomic E-state index is 0.213. The predicted octanol–water partition coefficient (Wildman–Crippen LogP) is 5.40. The van der Waals surface area contributed by atoms with E-state index in [0.29, 0.717) is 23.6 Å². The third kappa shape index (κ3) is 6.36. The summed E-state index contributed by atoms with van der Waals surface area (Å²) in [6, 6.07) is 26.1. The van der Waals surface area contributed by atoms with Crippen LogP contribution in [0.3, 0.4) is 0 Å². The summed E-state index contributed by atoms with van der Waals surface area (Å²) in [5.74, 6) is 0.0139. The molecule has 1 aromatic heterocycles. The van der Waals surface area contributed by atoms with Crippen molar-refractivity contribution in [3.8, 4) is 11.5 Å². The minimum Gasteiger partial charge on any atom is -0.457 e. The van der Waals surface area contributed by atoms with Gasteiger partial charge in [0.1, 0.15) is 15.7 Å². The lowest BCUT2D eigenvalue weighted by Crippen LogP contribution is -2.41. The second-order valence-electron chi connectivity index (χ2n) is 8.87. The van der Waals surface area contributed by atoms with Gasteiger partial charge in [-0.25, -0.2) is 8.42 Å². The lowest BCUT2D eigenvalue weighted by molar-refractivity contribution is -0.148. The molecule has 1 aliphatic rings. The van der Waals surface area contributed by atoms with Crippen LogP contribution in [-0.4, -0.2) is 37.8 Å². The number of sulfonamides is 1. The van der Waals surface area contributed by atoms with Gasteiger partial charge in [-0.3, -0.25) is 9.59 Å². The number of ether oxygens (including phenoxy) is 2. The van der Waals surface area contributed by atoms with E-state index in [-0.39, 0.29) is 17.2 Å². The number of anilines is 1. The fourth-order valence-corrected chi connectivity index (χ4v) is 7.20. The number of amides is 1. The van der Waals surface area contributed by atoms with Crippen LogP contribution in [0.2, 0.25) is 0 Å². The van der Waals surface area contributed by atoms with Crippen molar-refractivity contribution in [2.75, 3.05) is 18.5 Å². The van der Waals surface area contributed by atoms with Gasteiger partial charge in [-0.05, 0) is 53.3 Å². The van der Waals surface area contributed by atoms with Crippen LogP contribution in [0.25, 0.3) is 0 Å². The van der Waals surface area contributed by atoms with E-state index in [0.717, 1.165) is 22.5 Å². The first-order valence-corrected chi connectivity index (χ1v) is 14.6. The second-order valence-corrected chi connectivity index (χ2v) is 11.9. The largest absolute Gasteiger partial charge is 0.457 e. The second kappa shape index (κ2) is 11.8. The van der Waals surface area contributed by atoms with Crippen molar-refractivity contribution in [3.63, 3.8) is 0 Å². The molecule has 0 aliphatic carbocycles. The smallest absolute Gasteiger partial charge is 0.308 e. The summed E-state index contributed by atoms with van der Waals surface area (Å²) in [6.07, 6.45) is 0.330. The number of esters is 1. The first kappa shape index (κ1) is 26.6. The van der Waals surface area contributed by atoms with Crippen LogP contribution in [0.1, 0.15) is 23.6 Å². The van der Waals surface area contributed by atoms with Crippen molar-refractivity contribution in [3.05, 3.63) is 108 Å². The van der Waals surface area contributed by atoms with Crippen molar-refractivity contribution >= 4 is 38.9 Å². The van der Waals surface area contributed by atoms with E-state index in [1.54, 1.807) is 41.8 Å². The number of hydrogen-bond donors (Lipinski definition) is 1. The van der Waals surface area contributed by atoms with Crippen LogP contribution in [0.4, 0.5) is 5.69 Å². The van der Waals surface area contributed by atoms with Gasteiger partial charge in [0.05, 0.1) is 12.5 Å². The Bertz CT molecular complexity index is 1560. The average Bonchev–Trinajstić information content (AvgIpc) is 3.49. The van der Waals surface area contributed by atoms with Gasteiger partial charge in [-0.1, -0.05) is 54.6 Å². The molecule has 200 valence electrons. The molecule has 0 bridgehead atoms. The Morgan fingerprint density at radius 1 is 0.923 bits per heavy atom. The van der Waals surface area contributed by atoms with Crippen molar-refractivity contribution in [2.45, 2.75) is 23.1 Å². The minimum atomic E-state index is -3.80.